The fourth-order valence-electron chi connectivity index (χ4n) is 2.98. The fraction of sp³-hybridized carbons (Fsp3) is 0.263. The molecule has 0 radical (unpaired) electrons. The summed E-state index contributed by atoms with van der Waals surface area (Å²) in [5.41, 5.74) is 9.62. The van der Waals surface area contributed by atoms with E-state index in [9.17, 15) is 26.4 Å². The highest BCUT2D eigenvalue weighted by Crippen LogP contribution is 2.40. The zero-order valence-electron chi connectivity index (χ0n) is 16.5. The molecule has 7 nitrogen and oxygen atoms in total. The lowest BCUT2D eigenvalue weighted by Crippen LogP contribution is -2.24. The van der Waals surface area contributed by atoms with Crippen molar-refractivity contribution >= 4 is 33.1 Å². The van der Waals surface area contributed by atoms with Crippen molar-refractivity contribution in [2.75, 3.05) is 18.2 Å². The second-order valence-corrected chi connectivity index (χ2v) is 8.50. The average Bonchev–Trinajstić information content (AvgIpc) is 2.64. The Bertz CT molecular complexity index is 1110. The monoisotopic (exact) mass is 442 g/mol. The molecule has 2 aromatic rings. The van der Waals surface area contributed by atoms with Gasteiger partial charge in [-0.2, -0.15) is 18.2 Å². The van der Waals surface area contributed by atoms with Crippen LogP contribution in [0.4, 0.5) is 24.5 Å². The van der Waals surface area contributed by atoms with Crippen LogP contribution in [0.25, 0.3) is 0 Å². The first-order valence-electron chi connectivity index (χ1n) is 8.68. The van der Waals surface area contributed by atoms with Crippen LogP contribution < -0.4 is 16.4 Å². The summed E-state index contributed by atoms with van der Waals surface area (Å²) < 4.78 is 65.2. The van der Waals surface area contributed by atoms with Gasteiger partial charge in [0.05, 0.1) is 21.8 Å². The van der Waals surface area contributed by atoms with E-state index in [-0.39, 0.29) is 28.3 Å². The van der Waals surface area contributed by atoms with Gasteiger partial charge in [0.1, 0.15) is 0 Å². The summed E-state index contributed by atoms with van der Waals surface area (Å²) in [6, 6.07) is 7.25. The first-order chi connectivity index (χ1) is 13.8. The van der Waals surface area contributed by atoms with Gasteiger partial charge in [0.2, 0.25) is 0 Å². The second kappa shape index (κ2) is 8.34. The Balaban J connectivity index is 2.81. The number of rotatable bonds is 5. The summed E-state index contributed by atoms with van der Waals surface area (Å²) >= 11 is 0. The van der Waals surface area contributed by atoms with Crippen LogP contribution in [0.3, 0.4) is 0 Å². The number of nitrogens with zero attached hydrogens (tertiary/aromatic N) is 2. The Hall–Kier alpha value is -3.08. The lowest BCUT2D eigenvalue weighted by Gasteiger charge is -2.26. The molecule has 0 aliphatic rings. The molecule has 2 rings (SSSR count). The van der Waals surface area contributed by atoms with E-state index in [1.165, 1.54) is 31.3 Å². The van der Waals surface area contributed by atoms with Crippen LogP contribution in [0.15, 0.2) is 46.3 Å². The molecular weight excluding hydrogens is 421 g/mol. The van der Waals surface area contributed by atoms with Crippen molar-refractivity contribution < 1.29 is 26.4 Å². The maximum absolute atomic E-state index is 13.5. The first kappa shape index (κ1) is 23.2. The van der Waals surface area contributed by atoms with Gasteiger partial charge in [-0.15, -0.1) is 0 Å². The number of amides is 1. The zero-order chi connectivity index (χ0) is 22.9. The van der Waals surface area contributed by atoms with Crippen molar-refractivity contribution in [1.29, 1.82) is 0 Å². The van der Waals surface area contributed by atoms with Crippen molar-refractivity contribution in [3.05, 3.63) is 53.1 Å². The van der Waals surface area contributed by atoms with Crippen LogP contribution in [0.2, 0.25) is 0 Å². The third-order valence-corrected chi connectivity index (χ3v) is 5.48. The van der Waals surface area contributed by atoms with Gasteiger partial charge in [-0.25, -0.2) is 8.42 Å². The molecule has 0 aromatic heterocycles. The number of halogens is 3. The standard InChI is InChI=1S/C19H21F3N4O3S/c1-4-11-9-15(26(2)14-8-6-5-7-13(14)19(20,21)22)16(30(3,28)29)10-12(11)17(27)25-18(23)24/h5-10H,4H2,1-3H3,(H4,23,24,25,27). The highest BCUT2D eigenvalue weighted by Gasteiger charge is 2.35. The molecule has 0 aliphatic carbocycles. The van der Waals surface area contributed by atoms with Crippen LogP contribution in [-0.4, -0.2) is 33.6 Å². The molecule has 0 spiro atoms. The predicted octanol–water partition coefficient (Wildman–Crippen LogP) is 2.85. The van der Waals surface area contributed by atoms with Gasteiger partial charge < -0.3 is 16.4 Å². The van der Waals surface area contributed by atoms with Crippen molar-refractivity contribution in [2.24, 2.45) is 16.5 Å². The Kier molecular flexibility index (Phi) is 6.45. The molecule has 162 valence electrons. The quantitative estimate of drug-likeness (QED) is 0.543. The van der Waals surface area contributed by atoms with Gasteiger partial charge >= 0.3 is 6.18 Å². The number of carbonyl (C=O) groups excluding carboxylic acids is 1. The van der Waals surface area contributed by atoms with Gasteiger partial charge in [-0.1, -0.05) is 19.1 Å². The number of carbonyl (C=O) groups is 1. The smallest absolute Gasteiger partial charge is 0.370 e. The lowest BCUT2D eigenvalue weighted by atomic mass is 10.0. The number of hydrogen-bond donors (Lipinski definition) is 2. The molecule has 11 heteroatoms. The molecule has 0 heterocycles. The number of guanidine groups is 1. The van der Waals surface area contributed by atoms with E-state index in [1.54, 1.807) is 6.92 Å². The molecule has 0 unspecified atom stereocenters. The van der Waals surface area contributed by atoms with E-state index in [0.29, 0.717) is 5.56 Å². The summed E-state index contributed by atoms with van der Waals surface area (Å²) in [7, 11) is -2.61. The minimum Gasteiger partial charge on any atom is -0.370 e. The van der Waals surface area contributed by atoms with E-state index in [0.717, 1.165) is 23.3 Å². The molecule has 0 saturated heterocycles. The van der Waals surface area contributed by atoms with E-state index in [2.05, 4.69) is 4.99 Å². The van der Waals surface area contributed by atoms with Gasteiger partial charge in [0.15, 0.2) is 15.8 Å². The van der Waals surface area contributed by atoms with Crippen LogP contribution in [0, 0.1) is 0 Å². The van der Waals surface area contributed by atoms with E-state index in [1.807, 2.05) is 0 Å². The maximum atomic E-state index is 13.5. The minimum atomic E-state index is -4.65. The molecule has 1 amide bonds. The number of alkyl halides is 3. The predicted molar refractivity (Wildman–Crippen MR) is 109 cm³/mol. The molecule has 0 saturated carbocycles. The van der Waals surface area contributed by atoms with Crippen molar-refractivity contribution in [3.8, 4) is 0 Å². The van der Waals surface area contributed by atoms with Crippen molar-refractivity contribution in [3.63, 3.8) is 0 Å². The Labute approximate surface area is 172 Å². The number of aryl methyl sites for hydroxylation is 1. The van der Waals surface area contributed by atoms with E-state index in [4.69, 9.17) is 11.5 Å². The number of para-hydroxylation sites is 1. The number of benzene rings is 2. The Morgan fingerprint density at radius 2 is 1.73 bits per heavy atom. The van der Waals surface area contributed by atoms with Gasteiger partial charge in [0, 0.05) is 18.9 Å². The van der Waals surface area contributed by atoms with Gasteiger partial charge in [-0.05, 0) is 36.2 Å². The van der Waals surface area contributed by atoms with Crippen molar-refractivity contribution in [1.82, 2.24) is 0 Å². The SMILES string of the molecule is CCc1cc(N(C)c2ccccc2C(F)(F)F)c(S(C)(=O)=O)cc1C(=O)N=C(N)N. The van der Waals surface area contributed by atoms with E-state index >= 15 is 0 Å². The molecule has 4 N–H and O–H groups in total. The molecule has 0 bridgehead atoms. The van der Waals surface area contributed by atoms with E-state index < -0.39 is 33.4 Å². The molecule has 30 heavy (non-hydrogen) atoms. The molecule has 2 aromatic carbocycles. The summed E-state index contributed by atoms with van der Waals surface area (Å²) in [6.45, 7) is 1.70. The number of hydrogen-bond acceptors (Lipinski definition) is 4. The van der Waals surface area contributed by atoms with Crippen LogP contribution in [0.5, 0.6) is 0 Å². The normalized spacial score (nSPS) is 11.8. The molecule has 0 atom stereocenters. The molecule has 0 fully saturated rings. The molecular formula is C19H21F3N4O3S. The minimum absolute atomic E-state index is 0.00713. The third-order valence-electron chi connectivity index (χ3n) is 4.36. The lowest BCUT2D eigenvalue weighted by molar-refractivity contribution is -0.137. The highest BCUT2D eigenvalue weighted by atomic mass is 32.2. The maximum Gasteiger partial charge on any atom is 0.418 e. The fourth-order valence-corrected chi connectivity index (χ4v) is 3.88. The average molecular weight is 442 g/mol. The molecule has 0 aliphatic heterocycles. The largest absolute Gasteiger partial charge is 0.418 e. The van der Waals surface area contributed by atoms with Crippen LogP contribution in [-0.2, 0) is 22.4 Å². The zero-order valence-corrected chi connectivity index (χ0v) is 17.3. The van der Waals surface area contributed by atoms with Crippen LogP contribution in [0.1, 0.15) is 28.4 Å². The van der Waals surface area contributed by atoms with Gasteiger partial charge in [0.25, 0.3) is 5.91 Å². The second-order valence-electron chi connectivity index (χ2n) is 6.52. The van der Waals surface area contributed by atoms with Crippen LogP contribution >= 0.6 is 0 Å². The topological polar surface area (TPSA) is 119 Å². The summed E-state index contributed by atoms with van der Waals surface area (Å²) in [4.78, 5) is 16.6. The summed E-state index contributed by atoms with van der Waals surface area (Å²) in [5, 5.41) is 0. The van der Waals surface area contributed by atoms with Gasteiger partial charge in [-0.3, -0.25) is 4.79 Å². The third kappa shape index (κ3) is 4.90. The number of aliphatic imine (C=N–C) groups is 1. The Morgan fingerprint density at radius 3 is 2.23 bits per heavy atom. The number of nitrogens with two attached hydrogens (primary N) is 2. The Morgan fingerprint density at radius 1 is 1.13 bits per heavy atom. The summed E-state index contributed by atoms with van der Waals surface area (Å²) in [5.74, 6) is -1.34. The first-order valence-corrected chi connectivity index (χ1v) is 10.6. The highest BCUT2D eigenvalue weighted by molar-refractivity contribution is 7.90. The summed E-state index contributed by atoms with van der Waals surface area (Å²) in [6.07, 6.45) is -3.46. The number of anilines is 2. The number of sulfone groups is 1. The van der Waals surface area contributed by atoms with Crippen molar-refractivity contribution in [2.45, 2.75) is 24.4 Å².